The third kappa shape index (κ3) is 2.06. The minimum atomic E-state index is -0.996. The predicted molar refractivity (Wildman–Crippen MR) is 94.0 cm³/mol. The zero-order valence-corrected chi connectivity index (χ0v) is 14.1. The van der Waals surface area contributed by atoms with Crippen molar-refractivity contribution in [2.45, 2.75) is 31.5 Å². The molecule has 0 aliphatic carbocycles. The Morgan fingerprint density at radius 1 is 1.17 bits per heavy atom. The first-order valence-electron chi connectivity index (χ1n) is 8.45. The number of benzene rings is 2. The van der Waals surface area contributed by atoms with E-state index in [0.717, 1.165) is 23.2 Å². The van der Waals surface area contributed by atoms with Gasteiger partial charge < -0.3 is 14.9 Å². The van der Waals surface area contributed by atoms with Gasteiger partial charge in [0.05, 0.1) is 0 Å². The maximum Gasteiger partial charge on any atom is 0.255 e. The predicted octanol–water partition coefficient (Wildman–Crippen LogP) is 2.89. The van der Waals surface area contributed by atoms with E-state index in [0.29, 0.717) is 18.5 Å². The molecule has 2 aromatic carbocycles. The van der Waals surface area contributed by atoms with E-state index in [-0.39, 0.29) is 12.1 Å². The van der Waals surface area contributed by atoms with Gasteiger partial charge in [-0.05, 0) is 38.0 Å². The average molecular weight is 322 g/mol. The largest absolute Gasteiger partial charge is 0.381 e. The number of likely N-dealkylation sites (tertiary alicyclic amines) is 1. The fourth-order valence-corrected chi connectivity index (χ4v) is 4.18. The third-order valence-electron chi connectivity index (χ3n) is 5.36. The zero-order chi connectivity index (χ0) is 16.9. The van der Waals surface area contributed by atoms with E-state index in [1.807, 2.05) is 72.3 Å². The number of rotatable bonds is 1. The summed E-state index contributed by atoms with van der Waals surface area (Å²) in [6, 6.07) is 15.6. The molecule has 1 amide bonds. The zero-order valence-electron chi connectivity index (χ0n) is 14.1. The first-order chi connectivity index (χ1) is 11.5. The van der Waals surface area contributed by atoms with Gasteiger partial charge in [0.1, 0.15) is 11.8 Å². The number of carbonyl (C=O) groups is 1. The summed E-state index contributed by atoms with van der Waals surface area (Å²) < 4.78 is 0. The van der Waals surface area contributed by atoms with Crippen molar-refractivity contribution in [3.63, 3.8) is 0 Å². The van der Waals surface area contributed by atoms with Crippen LogP contribution < -0.4 is 4.90 Å². The molecule has 1 N–H and O–H groups in total. The van der Waals surface area contributed by atoms with Gasteiger partial charge in [-0.25, -0.2) is 0 Å². The quantitative estimate of drug-likeness (QED) is 0.878. The molecule has 2 heterocycles. The summed E-state index contributed by atoms with van der Waals surface area (Å²) in [5.74, 6) is -0.0159. The molecule has 24 heavy (non-hydrogen) atoms. The average Bonchev–Trinajstić information content (AvgIpc) is 2.83. The number of nitrogens with zero attached hydrogens (tertiary/aromatic N) is 2. The van der Waals surface area contributed by atoms with Crippen LogP contribution in [0.5, 0.6) is 0 Å². The standard InChI is InChI=1S/C20H22N2O2/c1-14-8-10-15(11-9-14)18(23)22-13-5-12-20(24)16-6-3-4-7-17(16)21(2)19(20)22/h3-4,6-11,19,24H,5,12-13H2,1-2H3. The van der Waals surface area contributed by atoms with Gasteiger partial charge in [0.15, 0.2) is 0 Å². The number of hydrogen-bond donors (Lipinski definition) is 1. The van der Waals surface area contributed by atoms with Gasteiger partial charge >= 0.3 is 0 Å². The molecule has 0 spiro atoms. The highest BCUT2D eigenvalue weighted by atomic mass is 16.3. The molecule has 124 valence electrons. The van der Waals surface area contributed by atoms with Crippen LogP contribution in [0.25, 0.3) is 0 Å². The van der Waals surface area contributed by atoms with Crippen LogP contribution in [0.2, 0.25) is 0 Å². The molecule has 1 saturated heterocycles. The lowest BCUT2D eigenvalue weighted by Gasteiger charge is -2.45. The van der Waals surface area contributed by atoms with E-state index in [1.165, 1.54) is 0 Å². The van der Waals surface area contributed by atoms with Crippen molar-refractivity contribution in [1.29, 1.82) is 0 Å². The van der Waals surface area contributed by atoms with Gasteiger partial charge in [-0.3, -0.25) is 4.79 Å². The van der Waals surface area contributed by atoms with Gasteiger partial charge in [-0.2, -0.15) is 0 Å². The van der Waals surface area contributed by atoms with E-state index in [2.05, 4.69) is 0 Å². The fourth-order valence-electron chi connectivity index (χ4n) is 4.18. The molecule has 0 saturated carbocycles. The molecule has 4 rings (SSSR count). The van der Waals surface area contributed by atoms with E-state index < -0.39 is 5.60 Å². The molecule has 0 bridgehead atoms. The fraction of sp³-hybridized carbons (Fsp3) is 0.350. The topological polar surface area (TPSA) is 43.8 Å². The second kappa shape index (κ2) is 5.35. The highest BCUT2D eigenvalue weighted by Crippen LogP contribution is 2.49. The van der Waals surface area contributed by atoms with Crippen LogP contribution in [-0.4, -0.2) is 35.7 Å². The van der Waals surface area contributed by atoms with Crippen LogP contribution in [0.1, 0.15) is 34.3 Å². The highest BCUT2D eigenvalue weighted by molar-refractivity contribution is 5.95. The monoisotopic (exact) mass is 322 g/mol. The van der Waals surface area contributed by atoms with Crippen LogP contribution in [-0.2, 0) is 5.60 Å². The van der Waals surface area contributed by atoms with Gasteiger partial charge in [-0.15, -0.1) is 0 Å². The smallest absolute Gasteiger partial charge is 0.255 e. The minimum absolute atomic E-state index is 0.0159. The normalized spacial score (nSPS) is 25.4. The Labute approximate surface area is 142 Å². The summed E-state index contributed by atoms with van der Waals surface area (Å²) in [5.41, 5.74) is 2.75. The van der Waals surface area contributed by atoms with Crippen molar-refractivity contribution >= 4 is 11.6 Å². The summed E-state index contributed by atoms with van der Waals surface area (Å²) in [5, 5.41) is 11.4. The number of amides is 1. The molecule has 2 aliphatic rings. The van der Waals surface area contributed by atoms with Crippen LogP contribution in [0.4, 0.5) is 5.69 Å². The minimum Gasteiger partial charge on any atom is -0.381 e. The Morgan fingerprint density at radius 2 is 1.88 bits per heavy atom. The summed E-state index contributed by atoms with van der Waals surface area (Å²) in [6.45, 7) is 2.67. The molecule has 0 aromatic heterocycles. The van der Waals surface area contributed by atoms with E-state index >= 15 is 0 Å². The number of piperidine rings is 1. The van der Waals surface area contributed by atoms with Gasteiger partial charge in [0, 0.05) is 30.4 Å². The lowest BCUT2D eigenvalue weighted by molar-refractivity contribution is -0.0645. The molecule has 2 aliphatic heterocycles. The molecule has 4 heteroatoms. The van der Waals surface area contributed by atoms with E-state index in [9.17, 15) is 9.90 Å². The second-order valence-electron chi connectivity index (χ2n) is 6.89. The number of likely N-dealkylation sites (N-methyl/N-ethyl adjacent to an activating group) is 1. The SMILES string of the molecule is Cc1ccc(C(=O)N2CCCC3(O)c4ccccc4N(C)C23)cc1. The van der Waals surface area contributed by atoms with Crippen molar-refractivity contribution < 1.29 is 9.90 Å². The van der Waals surface area contributed by atoms with Gasteiger partial charge in [-0.1, -0.05) is 35.9 Å². The summed E-state index contributed by atoms with van der Waals surface area (Å²) >= 11 is 0. The second-order valence-corrected chi connectivity index (χ2v) is 6.89. The lowest BCUT2D eigenvalue weighted by Crippen LogP contribution is -2.60. The van der Waals surface area contributed by atoms with Crippen molar-refractivity contribution in [2.75, 3.05) is 18.5 Å². The highest BCUT2D eigenvalue weighted by Gasteiger charge is 2.54. The summed E-state index contributed by atoms with van der Waals surface area (Å²) in [7, 11) is 1.96. The van der Waals surface area contributed by atoms with Crippen molar-refractivity contribution in [1.82, 2.24) is 4.90 Å². The van der Waals surface area contributed by atoms with Crippen LogP contribution in [0.3, 0.4) is 0 Å². The summed E-state index contributed by atoms with van der Waals surface area (Å²) in [6.07, 6.45) is 1.13. The number of fused-ring (bicyclic) bond motifs is 3. The molecule has 2 atom stereocenters. The Morgan fingerprint density at radius 3 is 2.62 bits per heavy atom. The van der Waals surface area contributed by atoms with Gasteiger partial charge in [0.25, 0.3) is 5.91 Å². The van der Waals surface area contributed by atoms with Crippen molar-refractivity contribution in [2.24, 2.45) is 0 Å². The molecule has 2 aromatic rings. The maximum absolute atomic E-state index is 13.1. The van der Waals surface area contributed by atoms with Crippen LogP contribution in [0, 0.1) is 6.92 Å². The maximum atomic E-state index is 13.1. The molecular weight excluding hydrogens is 300 g/mol. The number of carbonyl (C=O) groups excluding carboxylic acids is 1. The molecule has 0 radical (unpaired) electrons. The van der Waals surface area contributed by atoms with E-state index in [1.54, 1.807) is 0 Å². The number of aryl methyl sites for hydroxylation is 1. The lowest BCUT2D eigenvalue weighted by atomic mass is 9.84. The molecule has 1 fully saturated rings. The first-order valence-corrected chi connectivity index (χ1v) is 8.45. The number of aliphatic hydroxyl groups is 1. The van der Waals surface area contributed by atoms with Crippen LogP contribution >= 0.6 is 0 Å². The summed E-state index contributed by atoms with van der Waals surface area (Å²) in [4.78, 5) is 17.0. The Bertz CT molecular complexity index is 786. The third-order valence-corrected chi connectivity index (χ3v) is 5.36. The molecule has 4 nitrogen and oxygen atoms in total. The number of anilines is 1. The van der Waals surface area contributed by atoms with Crippen LogP contribution in [0.15, 0.2) is 48.5 Å². The Kier molecular flexibility index (Phi) is 3.39. The molecule has 2 unspecified atom stereocenters. The Balaban J connectivity index is 1.74. The number of para-hydroxylation sites is 1. The van der Waals surface area contributed by atoms with Crippen molar-refractivity contribution in [3.8, 4) is 0 Å². The molecular formula is C20H22N2O2. The Hall–Kier alpha value is -2.33. The van der Waals surface area contributed by atoms with Crippen molar-refractivity contribution in [3.05, 3.63) is 65.2 Å². The first kappa shape index (κ1) is 15.2. The van der Waals surface area contributed by atoms with E-state index in [4.69, 9.17) is 0 Å². The number of hydrogen-bond acceptors (Lipinski definition) is 3. The van der Waals surface area contributed by atoms with Gasteiger partial charge in [0.2, 0.25) is 0 Å².